The molecule has 0 fully saturated rings. The van der Waals surface area contributed by atoms with E-state index in [9.17, 15) is 0 Å². The lowest BCUT2D eigenvalue weighted by Crippen LogP contribution is -2.12. The molecule has 0 amide bonds. The third-order valence-electron chi connectivity index (χ3n) is 2.18. The maximum absolute atomic E-state index is 5.92. The topological polar surface area (TPSA) is 52.0 Å². The first-order chi connectivity index (χ1) is 6.16. The summed E-state index contributed by atoms with van der Waals surface area (Å²) in [4.78, 5) is 0. The van der Waals surface area contributed by atoms with Crippen molar-refractivity contribution in [2.24, 2.45) is 5.73 Å². The zero-order valence-electron chi connectivity index (χ0n) is 7.96. The van der Waals surface area contributed by atoms with Crippen LogP contribution in [-0.4, -0.2) is 0 Å². The van der Waals surface area contributed by atoms with Crippen molar-refractivity contribution in [1.29, 1.82) is 0 Å². The second-order valence-corrected chi connectivity index (χ2v) is 3.21. The van der Waals surface area contributed by atoms with Crippen LogP contribution in [0.4, 0.5) is 5.69 Å². The number of aryl methyl sites for hydroxylation is 1. The highest BCUT2D eigenvalue weighted by atomic mass is 14.7. The first-order valence-corrected chi connectivity index (χ1v) is 4.38. The third kappa shape index (κ3) is 2.10. The molecule has 13 heavy (non-hydrogen) atoms. The smallest absolute Gasteiger partial charge is 0.0392 e. The number of hydrogen-bond donors (Lipinski definition) is 2. The normalized spacial score (nSPS) is 12.5. The van der Waals surface area contributed by atoms with E-state index in [4.69, 9.17) is 11.5 Å². The number of nitrogen functional groups attached to an aromatic ring is 1. The monoisotopic (exact) mass is 176 g/mol. The van der Waals surface area contributed by atoms with E-state index in [1.807, 2.05) is 31.2 Å². The van der Waals surface area contributed by atoms with Gasteiger partial charge in [-0.2, -0.15) is 0 Å². The molecule has 0 saturated heterocycles. The Balaban J connectivity index is 3.00. The number of hydrogen-bond acceptors (Lipinski definition) is 2. The van der Waals surface area contributed by atoms with E-state index in [0.717, 1.165) is 23.2 Å². The SMILES string of the molecule is C=CCC(N)c1cccc(C)c1N. The lowest BCUT2D eigenvalue weighted by Gasteiger charge is -2.13. The van der Waals surface area contributed by atoms with Crippen molar-refractivity contribution in [3.63, 3.8) is 0 Å². The molecule has 1 aromatic carbocycles. The van der Waals surface area contributed by atoms with Crippen LogP contribution in [0.1, 0.15) is 23.6 Å². The van der Waals surface area contributed by atoms with Crippen LogP contribution in [0.5, 0.6) is 0 Å². The van der Waals surface area contributed by atoms with Crippen molar-refractivity contribution in [2.45, 2.75) is 19.4 Å². The van der Waals surface area contributed by atoms with Crippen LogP contribution >= 0.6 is 0 Å². The number of benzene rings is 1. The minimum absolute atomic E-state index is 0.0302. The van der Waals surface area contributed by atoms with Gasteiger partial charge in [-0.3, -0.25) is 0 Å². The summed E-state index contributed by atoms with van der Waals surface area (Å²) in [6.45, 7) is 5.64. The predicted molar refractivity (Wildman–Crippen MR) is 57.3 cm³/mol. The molecule has 0 saturated carbocycles. The average Bonchev–Trinajstić information content (AvgIpc) is 2.10. The molecule has 70 valence electrons. The molecule has 1 atom stereocenters. The highest BCUT2D eigenvalue weighted by molar-refractivity contribution is 5.54. The minimum Gasteiger partial charge on any atom is -0.398 e. The van der Waals surface area contributed by atoms with Gasteiger partial charge >= 0.3 is 0 Å². The fourth-order valence-corrected chi connectivity index (χ4v) is 1.33. The van der Waals surface area contributed by atoms with Crippen molar-refractivity contribution in [1.82, 2.24) is 0 Å². The van der Waals surface area contributed by atoms with Crippen LogP contribution < -0.4 is 11.5 Å². The molecule has 1 aromatic rings. The molecule has 1 rings (SSSR count). The van der Waals surface area contributed by atoms with E-state index in [-0.39, 0.29) is 6.04 Å². The Morgan fingerprint density at radius 1 is 1.54 bits per heavy atom. The molecule has 0 spiro atoms. The zero-order chi connectivity index (χ0) is 9.84. The summed E-state index contributed by atoms with van der Waals surface area (Å²) in [5.74, 6) is 0. The van der Waals surface area contributed by atoms with Gasteiger partial charge in [-0.15, -0.1) is 6.58 Å². The number of nitrogens with two attached hydrogens (primary N) is 2. The largest absolute Gasteiger partial charge is 0.398 e. The Hall–Kier alpha value is -1.28. The molecule has 0 aliphatic heterocycles. The molecule has 0 aliphatic rings. The standard InChI is InChI=1S/C11H16N2/c1-3-5-10(12)9-7-4-6-8(2)11(9)13/h3-4,6-7,10H,1,5,12-13H2,2H3. The molecule has 1 unspecified atom stereocenters. The number of rotatable bonds is 3. The van der Waals surface area contributed by atoms with E-state index in [1.165, 1.54) is 0 Å². The Kier molecular flexibility index (Phi) is 3.09. The van der Waals surface area contributed by atoms with Crippen LogP contribution in [-0.2, 0) is 0 Å². The molecule has 0 aliphatic carbocycles. The number of anilines is 1. The summed E-state index contributed by atoms with van der Waals surface area (Å²) in [6, 6.07) is 5.90. The van der Waals surface area contributed by atoms with Crippen molar-refractivity contribution in [3.05, 3.63) is 42.0 Å². The van der Waals surface area contributed by atoms with Crippen molar-refractivity contribution in [2.75, 3.05) is 5.73 Å². The van der Waals surface area contributed by atoms with Crippen LogP contribution in [0.3, 0.4) is 0 Å². The van der Waals surface area contributed by atoms with Crippen LogP contribution in [0.2, 0.25) is 0 Å². The van der Waals surface area contributed by atoms with Crippen LogP contribution in [0, 0.1) is 6.92 Å². The summed E-state index contributed by atoms with van der Waals surface area (Å²) >= 11 is 0. The summed E-state index contributed by atoms with van der Waals surface area (Å²) in [6.07, 6.45) is 2.57. The molecule has 2 nitrogen and oxygen atoms in total. The summed E-state index contributed by atoms with van der Waals surface area (Å²) in [5.41, 5.74) is 14.7. The Bertz CT molecular complexity index is 305. The van der Waals surface area contributed by atoms with E-state index in [2.05, 4.69) is 6.58 Å². The molecule has 0 heterocycles. The first-order valence-electron chi connectivity index (χ1n) is 4.38. The second-order valence-electron chi connectivity index (χ2n) is 3.21. The Morgan fingerprint density at radius 3 is 2.85 bits per heavy atom. The first kappa shape index (κ1) is 9.81. The third-order valence-corrected chi connectivity index (χ3v) is 2.18. The van der Waals surface area contributed by atoms with Gasteiger partial charge in [0.05, 0.1) is 0 Å². The molecule has 2 heteroatoms. The fourth-order valence-electron chi connectivity index (χ4n) is 1.33. The van der Waals surface area contributed by atoms with Gasteiger partial charge in [0.2, 0.25) is 0 Å². The molecule has 0 bridgehead atoms. The van der Waals surface area contributed by atoms with Gasteiger partial charge in [-0.25, -0.2) is 0 Å². The van der Waals surface area contributed by atoms with Gasteiger partial charge in [-0.05, 0) is 24.5 Å². The predicted octanol–water partition coefficient (Wildman–Crippen LogP) is 2.15. The summed E-state index contributed by atoms with van der Waals surface area (Å²) in [7, 11) is 0. The van der Waals surface area contributed by atoms with Gasteiger partial charge in [0.1, 0.15) is 0 Å². The van der Waals surface area contributed by atoms with Crippen molar-refractivity contribution in [3.8, 4) is 0 Å². The maximum Gasteiger partial charge on any atom is 0.0392 e. The number of para-hydroxylation sites is 1. The lowest BCUT2D eigenvalue weighted by molar-refractivity contribution is 0.743. The molecule has 0 radical (unpaired) electrons. The van der Waals surface area contributed by atoms with E-state index >= 15 is 0 Å². The van der Waals surface area contributed by atoms with Gasteiger partial charge in [-0.1, -0.05) is 24.3 Å². The summed E-state index contributed by atoms with van der Waals surface area (Å²) in [5, 5.41) is 0. The molecular weight excluding hydrogens is 160 g/mol. The fraction of sp³-hybridized carbons (Fsp3) is 0.273. The van der Waals surface area contributed by atoms with E-state index in [0.29, 0.717) is 0 Å². The van der Waals surface area contributed by atoms with Crippen molar-refractivity contribution >= 4 is 5.69 Å². The van der Waals surface area contributed by atoms with E-state index in [1.54, 1.807) is 0 Å². The molecule has 0 aromatic heterocycles. The minimum atomic E-state index is -0.0302. The lowest BCUT2D eigenvalue weighted by atomic mass is 10.00. The maximum atomic E-state index is 5.92. The molecular formula is C11H16N2. The van der Waals surface area contributed by atoms with Gasteiger partial charge in [0.25, 0.3) is 0 Å². The zero-order valence-corrected chi connectivity index (χ0v) is 7.96. The average molecular weight is 176 g/mol. The van der Waals surface area contributed by atoms with Gasteiger partial charge < -0.3 is 11.5 Å². The van der Waals surface area contributed by atoms with Crippen LogP contribution in [0.25, 0.3) is 0 Å². The quantitative estimate of drug-likeness (QED) is 0.547. The Morgan fingerprint density at radius 2 is 2.23 bits per heavy atom. The molecule has 4 N–H and O–H groups in total. The Labute approximate surface area is 79.2 Å². The second kappa shape index (κ2) is 4.10. The highest BCUT2D eigenvalue weighted by Gasteiger charge is 2.08. The van der Waals surface area contributed by atoms with Crippen molar-refractivity contribution < 1.29 is 0 Å². The van der Waals surface area contributed by atoms with Gasteiger partial charge in [0, 0.05) is 11.7 Å². The highest BCUT2D eigenvalue weighted by Crippen LogP contribution is 2.23. The van der Waals surface area contributed by atoms with E-state index < -0.39 is 0 Å². The summed E-state index contributed by atoms with van der Waals surface area (Å²) < 4.78 is 0. The van der Waals surface area contributed by atoms with Gasteiger partial charge in [0.15, 0.2) is 0 Å². The van der Waals surface area contributed by atoms with Crippen LogP contribution in [0.15, 0.2) is 30.9 Å².